The first-order valence-corrected chi connectivity index (χ1v) is 6.75. The summed E-state index contributed by atoms with van der Waals surface area (Å²) >= 11 is 1.54. The molecule has 4 nitrogen and oxygen atoms in total. The molecule has 18 heavy (non-hydrogen) atoms. The van der Waals surface area contributed by atoms with Crippen molar-refractivity contribution in [2.75, 3.05) is 13.1 Å². The van der Waals surface area contributed by atoms with Gasteiger partial charge in [0.25, 0.3) is 0 Å². The van der Waals surface area contributed by atoms with Gasteiger partial charge in [0.05, 0.1) is 0 Å². The number of aliphatic carboxylic acids is 1. The molecule has 1 fully saturated rings. The number of carboxylic acid groups (broad SMARTS) is 1. The van der Waals surface area contributed by atoms with Gasteiger partial charge in [-0.2, -0.15) is 0 Å². The summed E-state index contributed by atoms with van der Waals surface area (Å²) in [6.07, 6.45) is 5.38. The largest absolute Gasteiger partial charge is 0.480 e. The van der Waals surface area contributed by atoms with Gasteiger partial charge in [-0.25, -0.2) is 0 Å². The van der Waals surface area contributed by atoms with E-state index < -0.39 is 5.97 Å². The lowest BCUT2D eigenvalue weighted by Gasteiger charge is -2.18. The quantitative estimate of drug-likeness (QED) is 0.801. The van der Waals surface area contributed by atoms with Crippen LogP contribution in [0.25, 0.3) is 6.08 Å². The molecule has 0 aromatic carbocycles. The van der Waals surface area contributed by atoms with Crippen molar-refractivity contribution < 1.29 is 14.7 Å². The Hall–Kier alpha value is -1.62. The molecule has 0 unspecified atom stereocenters. The highest BCUT2D eigenvalue weighted by Crippen LogP contribution is 2.29. The Kier molecular flexibility index (Phi) is 4.15. The van der Waals surface area contributed by atoms with Crippen molar-refractivity contribution in [3.05, 3.63) is 28.5 Å². The number of thiophene rings is 1. The van der Waals surface area contributed by atoms with E-state index in [0.29, 0.717) is 12.5 Å². The molecule has 1 N–H and O–H groups in total. The van der Waals surface area contributed by atoms with Crippen LogP contribution < -0.4 is 0 Å². The Morgan fingerprint density at radius 3 is 2.83 bits per heavy atom. The molecule has 0 atom stereocenters. The van der Waals surface area contributed by atoms with E-state index in [1.54, 1.807) is 17.4 Å². The zero-order valence-corrected chi connectivity index (χ0v) is 10.7. The van der Waals surface area contributed by atoms with Crippen LogP contribution in [0.5, 0.6) is 0 Å². The molecule has 1 aromatic heterocycles. The maximum atomic E-state index is 11.9. The van der Waals surface area contributed by atoms with Crippen molar-refractivity contribution in [2.45, 2.75) is 12.8 Å². The van der Waals surface area contributed by atoms with Crippen molar-refractivity contribution in [3.63, 3.8) is 0 Å². The van der Waals surface area contributed by atoms with Crippen molar-refractivity contribution in [1.82, 2.24) is 4.90 Å². The fourth-order valence-electron chi connectivity index (χ4n) is 1.65. The molecule has 5 heteroatoms. The molecule has 1 aliphatic carbocycles. The van der Waals surface area contributed by atoms with Gasteiger partial charge >= 0.3 is 5.97 Å². The summed E-state index contributed by atoms with van der Waals surface area (Å²) in [6, 6.07) is 3.82. The summed E-state index contributed by atoms with van der Waals surface area (Å²) in [5.41, 5.74) is 0. The topological polar surface area (TPSA) is 57.6 Å². The van der Waals surface area contributed by atoms with E-state index in [0.717, 1.165) is 17.7 Å². The normalized spacial score (nSPS) is 14.9. The van der Waals surface area contributed by atoms with Gasteiger partial charge in [-0.3, -0.25) is 9.59 Å². The third-order valence-electron chi connectivity index (χ3n) is 2.75. The number of nitrogens with zero attached hydrogens (tertiary/aromatic N) is 1. The summed E-state index contributed by atoms with van der Waals surface area (Å²) in [5, 5.41) is 10.7. The molecule has 2 rings (SSSR count). The van der Waals surface area contributed by atoms with E-state index in [-0.39, 0.29) is 12.5 Å². The van der Waals surface area contributed by atoms with Gasteiger partial charge in [0.1, 0.15) is 6.54 Å². The number of carbonyl (C=O) groups excluding carboxylic acids is 1. The second kappa shape index (κ2) is 5.82. The molecule has 0 aliphatic heterocycles. The Balaban J connectivity index is 1.95. The van der Waals surface area contributed by atoms with Crippen LogP contribution >= 0.6 is 11.3 Å². The summed E-state index contributed by atoms with van der Waals surface area (Å²) in [5.74, 6) is -0.699. The van der Waals surface area contributed by atoms with Crippen LogP contribution in [0, 0.1) is 5.92 Å². The van der Waals surface area contributed by atoms with E-state index in [1.807, 2.05) is 17.5 Å². The number of amides is 1. The molecular formula is C13H15NO3S. The highest BCUT2D eigenvalue weighted by Gasteiger charge is 2.26. The van der Waals surface area contributed by atoms with Gasteiger partial charge in [0.2, 0.25) is 5.91 Å². The van der Waals surface area contributed by atoms with Crippen LogP contribution in [0.15, 0.2) is 23.6 Å². The van der Waals surface area contributed by atoms with E-state index in [2.05, 4.69) is 0 Å². The first-order chi connectivity index (χ1) is 8.65. The lowest BCUT2D eigenvalue weighted by molar-refractivity contribution is -0.142. The molecule has 0 radical (unpaired) electrons. The third-order valence-corrected chi connectivity index (χ3v) is 3.58. The predicted octanol–water partition coefficient (Wildman–Crippen LogP) is 2.08. The van der Waals surface area contributed by atoms with Gasteiger partial charge in [0.15, 0.2) is 0 Å². The molecule has 1 aliphatic rings. The van der Waals surface area contributed by atoms with Crippen molar-refractivity contribution in [2.24, 2.45) is 5.92 Å². The van der Waals surface area contributed by atoms with Crippen LogP contribution in [0.2, 0.25) is 0 Å². The Morgan fingerprint density at radius 2 is 2.28 bits per heavy atom. The maximum Gasteiger partial charge on any atom is 0.323 e. The molecule has 1 aromatic rings. The molecule has 1 amide bonds. The maximum absolute atomic E-state index is 11.9. The minimum atomic E-state index is -0.964. The predicted molar refractivity (Wildman–Crippen MR) is 70.3 cm³/mol. The fraction of sp³-hybridized carbons (Fsp3) is 0.385. The minimum Gasteiger partial charge on any atom is -0.480 e. The zero-order valence-electron chi connectivity index (χ0n) is 9.91. The second-order valence-corrected chi connectivity index (χ2v) is 5.38. The van der Waals surface area contributed by atoms with Gasteiger partial charge < -0.3 is 10.0 Å². The van der Waals surface area contributed by atoms with Gasteiger partial charge in [-0.1, -0.05) is 6.07 Å². The van der Waals surface area contributed by atoms with Gasteiger partial charge in [-0.05, 0) is 36.3 Å². The molecule has 0 saturated heterocycles. The zero-order chi connectivity index (χ0) is 13.0. The number of carbonyl (C=O) groups is 2. The summed E-state index contributed by atoms with van der Waals surface area (Å²) in [7, 11) is 0. The monoisotopic (exact) mass is 265 g/mol. The fourth-order valence-corrected chi connectivity index (χ4v) is 2.27. The van der Waals surface area contributed by atoms with Gasteiger partial charge in [0, 0.05) is 17.5 Å². The van der Waals surface area contributed by atoms with Crippen LogP contribution in [0.1, 0.15) is 17.7 Å². The summed E-state index contributed by atoms with van der Waals surface area (Å²) < 4.78 is 0. The van der Waals surface area contributed by atoms with Crippen molar-refractivity contribution in [1.29, 1.82) is 0 Å². The molecule has 96 valence electrons. The van der Waals surface area contributed by atoms with E-state index in [1.165, 1.54) is 11.0 Å². The minimum absolute atomic E-state index is 0.218. The standard InChI is InChI=1S/C13H15NO3S/c15-12(6-5-11-2-1-7-18-11)14(9-13(16)17)8-10-3-4-10/h1-2,5-7,10H,3-4,8-9H2,(H,16,17)/b6-5+. The molecule has 0 spiro atoms. The second-order valence-electron chi connectivity index (χ2n) is 4.40. The first kappa shape index (κ1) is 12.8. The number of rotatable bonds is 6. The highest BCUT2D eigenvalue weighted by molar-refractivity contribution is 7.10. The lowest BCUT2D eigenvalue weighted by Crippen LogP contribution is -2.36. The average molecular weight is 265 g/mol. The molecule has 1 heterocycles. The first-order valence-electron chi connectivity index (χ1n) is 5.87. The average Bonchev–Trinajstić information content (AvgIpc) is 2.98. The van der Waals surface area contributed by atoms with Crippen molar-refractivity contribution in [3.8, 4) is 0 Å². The smallest absolute Gasteiger partial charge is 0.323 e. The molecule has 1 saturated carbocycles. The number of carboxylic acids is 1. The van der Waals surface area contributed by atoms with Crippen LogP contribution in [0.3, 0.4) is 0 Å². The third kappa shape index (κ3) is 4.00. The summed E-state index contributed by atoms with van der Waals surface area (Å²) in [6.45, 7) is 0.337. The van der Waals surface area contributed by atoms with Gasteiger partial charge in [-0.15, -0.1) is 11.3 Å². The molecular weight excluding hydrogens is 250 g/mol. The number of hydrogen-bond acceptors (Lipinski definition) is 3. The number of hydrogen-bond donors (Lipinski definition) is 1. The van der Waals surface area contributed by atoms with E-state index >= 15 is 0 Å². The van der Waals surface area contributed by atoms with Crippen LogP contribution in [0.4, 0.5) is 0 Å². The SMILES string of the molecule is O=C(O)CN(CC1CC1)C(=O)/C=C/c1cccs1. The highest BCUT2D eigenvalue weighted by atomic mass is 32.1. The Labute approximate surface area is 110 Å². The summed E-state index contributed by atoms with van der Waals surface area (Å²) in [4.78, 5) is 25.0. The van der Waals surface area contributed by atoms with E-state index in [9.17, 15) is 9.59 Å². The van der Waals surface area contributed by atoms with Crippen LogP contribution in [-0.2, 0) is 9.59 Å². The lowest BCUT2D eigenvalue weighted by atomic mass is 10.3. The Bertz CT molecular complexity index is 449. The molecule has 0 bridgehead atoms. The van der Waals surface area contributed by atoms with Crippen molar-refractivity contribution >= 4 is 29.3 Å². The Morgan fingerprint density at radius 1 is 1.50 bits per heavy atom. The van der Waals surface area contributed by atoms with Crippen LogP contribution in [-0.4, -0.2) is 35.0 Å². The van der Waals surface area contributed by atoms with E-state index in [4.69, 9.17) is 5.11 Å².